The van der Waals surface area contributed by atoms with Gasteiger partial charge in [0.1, 0.15) is 0 Å². The first kappa shape index (κ1) is 11.0. The van der Waals surface area contributed by atoms with Crippen molar-refractivity contribution >= 4 is 32.3 Å². The highest BCUT2D eigenvalue weighted by atomic mass is 79.9. The molecule has 0 radical (unpaired) electrons. The number of hydrogen-bond donors (Lipinski definition) is 2. The highest BCUT2D eigenvalue weighted by molar-refractivity contribution is 9.10. The molecule has 1 rings (SSSR count). The third kappa shape index (κ3) is 3.67. The molecule has 0 spiro atoms. The molecule has 0 fully saturated rings. The molecule has 0 aliphatic carbocycles. The maximum Gasteiger partial charge on any atom is 0.0894 e. The second-order valence-corrected chi connectivity index (χ2v) is 4.79. The van der Waals surface area contributed by atoms with Gasteiger partial charge in [-0.2, -0.15) is 0 Å². The number of hydrogen-bond acceptors (Lipinski definition) is 3. The minimum atomic E-state index is 0.260. The topological polar surface area (TPSA) is 32.3 Å². The first-order valence-corrected chi connectivity index (χ1v) is 6.02. The summed E-state index contributed by atoms with van der Waals surface area (Å²) < 4.78 is 1.11. The van der Waals surface area contributed by atoms with E-state index in [4.69, 9.17) is 5.11 Å². The van der Waals surface area contributed by atoms with Crippen LogP contribution in [0.25, 0.3) is 0 Å². The van der Waals surface area contributed by atoms with Gasteiger partial charge in [0.05, 0.1) is 5.00 Å². The van der Waals surface area contributed by atoms with Crippen LogP contribution in [-0.2, 0) is 0 Å². The maximum absolute atomic E-state index is 8.96. The summed E-state index contributed by atoms with van der Waals surface area (Å²) in [4.78, 5) is 0. The Hall–Kier alpha value is -0.0600. The zero-order valence-corrected chi connectivity index (χ0v) is 9.99. The Morgan fingerprint density at radius 3 is 2.92 bits per heavy atom. The fourth-order valence-electron chi connectivity index (χ4n) is 0.989. The number of anilines is 1. The van der Waals surface area contributed by atoms with E-state index in [1.807, 2.05) is 5.38 Å². The average molecular weight is 264 g/mol. The van der Waals surface area contributed by atoms with Crippen molar-refractivity contribution in [2.45, 2.75) is 13.3 Å². The van der Waals surface area contributed by atoms with Crippen LogP contribution in [0.2, 0.25) is 0 Å². The molecular weight excluding hydrogens is 250 g/mol. The number of aliphatic hydroxyl groups is 1. The average Bonchev–Trinajstić information content (AvgIpc) is 2.53. The second-order valence-electron chi connectivity index (χ2n) is 2.97. The molecular formula is C9H14BrNOS. The molecule has 0 aliphatic heterocycles. The number of halogens is 1. The van der Waals surface area contributed by atoms with Gasteiger partial charge in [0.2, 0.25) is 0 Å². The number of aliphatic hydroxyl groups excluding tert-OH is 1. The lowest BCUT2D eigenvalue weighted by Crippen LogP contribution is -2.16. The first-order valence-electron chi connectivity index (χ1n) is 4.35. The summed E-state index contributed by atoms with van der Waals surface area (Å²) in [6.07, 6.45) is 1.01. The fraction of sp³-hybridized carbons (Fsp3) is 0.556. The monoisotopic (exact) mass is 263 g/mol. The molecule has 0 saturated heterocycles. The third-order valence-electron chi connectivity index (χ3n) is 1.97. The van der Waals surface area contributed by atoms with Crippen molar-refractivity contribution in [1.82, 2.24) is 0 Å². The summed E-state index contributed by atoms with van der Waals surface area (Å²) >= 11 is 5.07. The summed E-state index contributed by atoms with van der Waals surface area (Å²) in [6.45, 7) is 3.20. The third-order valence-corrected chi connectivity index (χ3v) is 3.62. The Bertz CT molecular complexity index is 248. The summed E-state index contributed by atoms with van der Waals surface area (Å²) in [5.41, 5.74) is 0. The maximum atomic E-state index is 8.96. The van der Waals surface area contributed by atoms with Gasteiger partial charge in [-0.05, 0) is 34.3 Å². The fourth-order valence-corrected chi connectivity index (χ4v) is 2.32. The van der Waals surface area contributed by atoms with Gasteiger partial charge in [0.15, 0.2) is 0 Å². The Labute approximate surface area is 91.1 Å². The van der Waals surface area contributed by atoms with Gasteiger partial charge in [-0.15, -0.1) is 11.3 Å². The summed E-state index contributed by atoms with van der Waals surface area (Å²) in [5.74, 6) is 0.362. The van der Waals surface area contributed by atoms with Crippen molar-refractivity contribution in [3.63, 3.8) is 0 Å². The lowest BCUT2D eigenvalue weighted by atomic mass is 10.1. The quantitative estimate of drug-likeness (QED) is 0.857. The van der Waals surface area contributed by atoms with Crippen molar-refractivity contribution in [1.29, 1.82) is 0 Å². The Balaban J connectivity index is 2.33. The van der Waals surface area contributed by atoms with Gasteiger partial charge >= 0.3 is 0 Å². The number of nitrogens with one attached hydrogen (secondary N) is 1. The normalized spacial score (nSPS) is 12.8. The van der Waals surface area contributed by atoms with Crippen LogP contribution in [0.3, 0.4) is 0 Å². The minimum absolute atomic E-state index is 0.260. The molecule has 1 unspecified atom stereocenters. The molecule has 0 aromatic carbocycles. The lowest BCUT2D eigenvalue weighted by molar-refractivity contribution is 0.230. The lowest BCUT2D eigenvalue weighted by Gasteiger charge is -2.11. The van der Waals surface area contributed by atoms with E-state index in [-0.39, 0.29) is 6.61 Å². The van der Waals surface area contributed by atoms with Crippen molar-refractivity contribution in [3.05, 3.63) is 15.9 Å². The summed E-state index contributed by atoms with van der Waals surface area (Å²) in [7, 11) is 0. The molecule has 1 aromatic heterocycles. The van der Waals surface area contributed by atoms with E-state index in [0.717, 1.165) is 22.4 Å². The number of thiophene rings is 1. The van der Waals surface area contributed by atoms with Crippen LogP contribution in [0.15, 0.2) is 15.9 Å². The molecule has 0 amide bonds. The largest absolute Gasteiger partial charge is 0.396 e. The van der Waals surface area contributed by atoms with Crippen LogP contribution >= 0.6 is 27.3 Å². The van der Waals surface area contributed by atoms with E-state index in [2.05, 4.69) is 34.2 Å². The van der Waals surface area contributed by atoms with E-state index in [9.17, 15) is 0 Å². The van der Waals surface area contributed by atoms with E-state index in [0.29, 0.717) is 5.92 Å². The van der Waals surface area contributed by atoms with Gasteiger partial charge in [0, 0.05) is 23.0 Å². The van der Waals surface area contributed by atoms with E-state index in [1.165, 1.54) is 0 Å². The Morgan fingerprint density at radius 2 is 2.46 bits per heavy atom. The summed E-state index contributed by atoms with van der Waals surface area (Å²) in [6, 6.07) is 2.05. The van der Waals surface area contributed by atoms with Crippen LogP contribution in [-0.4, -0.2) is 18.3 Å². The van der Waals surface area contributed by atoms with Crippen LogP contribution in [0, 0.1) is 5.92 Å². The highest BCUT2D eigenvalue weighted by Gasteiger charge is 2.04. The molecule has 2 N–H and O–H groups in total. The predicted molar refractivity (Wildman–Crippen MR) is 61.4 cm³/mol. The molecule has 1 aromatic rings. The van der Waals surface area contributed by atoms with Gasteiger partial charge in [-0.25, -0.2) is 0 Å². The molecule has 0 saturated carbocycles. The van der Waals surface area contributed by atoms with Gasteiger partial charge < -0.3 is 10.4 Å². The van der Waals surface area contributed by atoms with Gasteiger partial charge in [-0.1, -0.05) is 6.92 Å². The predicted octanol–water partition coefficient (Wildman–Crippen LogP) is 2.94. The standard InChI is InChI=1S/C9H14BrNOS/c1-2-7(5-12)4-11-9-3-8(10)6-13-9/h3,6-7,11-12H,2,4-5H2,1H3. The molecule has 13 heavy (non-hydrogen) atoms. The van der Waals surface area contributed by atoms with Crippen molar-refractivity contribution in [2.24, 2.45) is 5.92 Å². The molecule has 0 aliphatic rings. The van der Waals surface area contributed by atoms with Crippen LogP contribution < -0.4 is 5.32 Å². The van der Waals surface area contributed by atoms with E-state index < -0.39 is 0 Å². The molecule has 74 valence electrons. The SMILES string of the molecule is CCC(CO)CNc1cc(Br)cs1. The van der Waals surface area contributed by atoms with Gasteiger partial charge in [0.25, 0.3) is 0 Å². The zero-order chi connectivity index (χ0) is 9.68. The second kappa shape index (κ2) is 5.62. The molecule has 1 atom stereocenters. The van der Waals surface area contributed by atoms with Gasteiger partial charge in [-0.3, -0.25) is 0 Å². The van der Waals surface area contributed by atoms with Crippen molar-refractivity contribution in [3.8, 4) is 0 Å². The van der Waals surface area contributed by atoms with Crippen LogP contribution in [0.1, 0.15) is 13.3 Å². The molecule has 0 bridgehead atoms. The van der Waals surface area contributed by atoms with Crippen LogP contribution in [0.5, 0.6) is 0 Å². The zero-order valence-electron chi connectivity index (χ0n) is 7.59. The van der Waals surface area contributed by atoms with E-state index >= 15 is 0 Å². The van der Waals surface area contributed by atoms with Crippen LogP contribution in [0.4, 0.5) is 5.00 Å². The molecule has 4 heteroatoms. The van der Waals surface area contributed by atoms with Crippen molar-refractivity contribution < 1.29 is 5.11 Å². The minimum Gasteiger partial charge on any atom is -0.396 e. The number of rotatable bonds is 5. The van der Waals surface area contributed by atoms with Crippen molar-refractivity contribution in [2.75, 3.05) is 18.5 Å². The smallest absolute Gasteiger partial charge is 0.0894 e. The van der Waals surface area contributed by atoms with E-state index in [1.54, 1.807) is 11.3 Å². The summed E-state index contributed by atoms with van der Waals surface area (Å²) in [5, 5.41) is 15.5. The molecule has 1 heterocycles. The Morgan fingerprint density at radius 1 is 1.69 bits per heavy atom. The highest BCUT2D eigenvalue weighted by Crippen LogP contribution is 2.24. The first-order chi connectivity index (χ1) is 6.26. The molecule has 2 nitrogen and oxygen atoms in total. The Kier molecular flexibility index (Phi) is 4.77.